The molecule has 22 heavy (non-hydrogen) atoms. The summed E-state index contributed by atoms with van der Waals surface area (Å²) in [6.07, 6.45) is 7.09. The van der Waals surface area contributed by atoms with Crippen molar-refractivity contribution in [2.24, 2.45) is 0 Å². The number of unbranched alkanes of at least 4 members (excludes halogenated alkanes) is 1. The predicted molar refractivity (Wildman–Crippen MR) is 86.7 cm³/mol. The van der Waals surface area contributed by atoms with Crippen molar-refractivity contribution in [1.29, 1.82) is 0 Å². The minimum atomic E-state index is -0.227. The highest BCUT2D eigenvalue weighted by Crippen LogP contribution is 2.32. The second-order valence-corrected chi connectivity index (χ2v) is 5.92. The Morgan fingerprint density at radius 1 is 1.36 bits per heavy atom. The summed E-state index contributed by atoms with van der Waals surface area (Å²) in [7, 11) is 0. The molecular weight excluding hydrogens is 300 g/mol. The monoisotopic (exact) mass is 320 g/mol. The van der Waals surface area contributed by atoms with Crippen LogP contribution >= 0.6 is 11.6 Å². The maximum Gasteiger partial charge on any atom is 0.207 e. The van der Waals surface area contributed by atoms with Gasteiger partial charge in [0.25, 0.3) is 0 Å². The quantitative estimate of drug-likeness (QED) is 0.723. The van der Waals surface area contributed by atoms with Crippen LogP contribution in [0.15, 0.2) is 36.9 Å². The number of rotatable bonds is 9. The molecule has 2 rings (SSSR count). The van der Waals surface area contributed by atoms with Crippen molar-refractivity contribution in [2.75, 3.05) is 6.54 Å². The lowest BCUT2D eigenvalue weighted by Crippen LogP contribution is -2.41. The largest absolute Gasteiger partial charge is 0.358 e. The van der Waals surface area contributed by atoms with E-state index in [9.17, 15) is 4.79 Å². The van der Waals surface area contributed by atoms with Gasteiger partial charge in [-0.15, -0.1) is 0 Å². The van der Waals surface area contributed by atoms with Crippen LogP contribution in [0.5, 0.6) is 0 Å². The number of aromatic nitrogens is 3. The first kappa shape index (κ1) is 16.5. The Morgan fingerprint density at radius 3 is 2.73 bits per heavy atom. The lowest BCUT2D eigenvalue weighted by Gasteiger charge is -2.34. The molecule has 1 atom stereocenters. The molecule has 0 saturated carbocycles. The zero-order valence-electron chi connectivity index (χ0n) is 12.7. The molecule has 0 saturated heterocycles. The molecule has 0 aliphatic heterocycles. The molecule has 0 spiro atoms. The first-order valence-electron chi connectivity index (χ1n) is 7.46. The first-order valence-corrected chi connectivity index (χ1v) is 7.83. The smallest absolute Gasteiger partial charge is 0.207 e. The van der Waals surface area contributed by atoms with Crippen molar-refractivity contribution < 1.29 is 4.79 Å². The van der Waals surface area contributed by atoms with Gasteiger partial charge in [-0.05, 0) is 24.1 Å². The lowest BCUT2D eigenvalue weighted by atomic mass is 9.76. The van der Waals surface area contributed by atoms with Gasteiger partial charge in [0, 0.05) is 17.0 Å². The van der Waals surface area contributed by atoms with Crippen LogP contribution in [0.1, 0.15) is 31.7 Å². The summed E-state index contributed by atoms with van der Waals surface area (Å²) < 4.78 is 1.82. The van der Waals surface area contributed by atoms with Crippen molar-refractivity contribution in [3.05, 3.63) is 47.5 Å². The molecule has 1 unspecified atom stereocenters. The fourth-order valence-electron chi connectivity index (χ4n) is 2.74. The normalized spacial score (nSPS) is 13.5. The van der Waals surface area contributed by atoms with Crippen LogP contribution in [-0.2, 0) is 16.8 Å². The number of hydrogen-bond acceptors (Lipinski definition) is 3. The van der Waals surface area contributed by atoms with Crippen molar-refractivity contribution in [1.82, 2.24) is 20.1 Å². The lowest BCUT2D eigenvalue weighted by molar-refractivity contribution is -0.109. The number of halogens is 1. The SMILES string of the molecule is CCCCC(CNC=O)(Cn1cncn1)c1ccc(Cl)cc1. The van der Waals surface area contributed by atoms with Gasteiger partial charge in [0.2, 0.25) is 6.41 Å². The molecule has 1 N–H and O–H groups in total. The molecule has 0 fully saturated rings. The second-order valence-electron chi connectivity index (χ2n) is 5.48. The van der Waals surface area contributed by atoms with Gasteiger partial charge in [-0.25, -0.2) is 4.98 Å². The molecule has 5 nitrogen and oxygen atoms in total. The average Bonchev–Trinajstić information content (AvgIpc) is 3.03. The van der Waals surface area contributed by atoms with Gasteiger partial charge in [0.1, 0.15) is 12.7 Å². The molecule has 2 aromatic rings. The van der Waals surface area contributed by atoms with Crippen molar-refractivity contribution >= 4 is 18.0 Å². The van der Waals surface area contributed by atoms with Gasteiger partial charge in [-0.3, -0.25) is 9.48 Å². The number of hydrogen-bond donors (Lipinski definition) is 1. The summed E-state index contributed by atoms with van der Waals surface area (Å²) in [5.74, 6) is 0. The highest BCUT2D eigenvalue weighted by atomic mass is 35.5. The highest BCUT2D eigenvalue weighted by molar-refractivity contribution is 6.30. The number of nitrogens with zero attached hydrogens (tertiary/aromatic N) is 3. The van der Waals surface area contributed by atoms with Crippen molar-refractivity contribution in [3.8, 4) is 0 Å². The van der Waals surface area contributed by atoms with Crippen molar-refractivity contribution in [2.45, 2.75) is 38.1 Å². The second kappa shape index (κ2) is 7.94. The number of carbonyl (C=O) groups is 1. The van der Waals surface area contributed by atoms with Gasteiger partial charge in [0.15, 0.2) is 0 Å². The zero-order valence-corrected chi connectivity index (χ0v) is 13.5. The minimum Gasteiger partial charge on any atom is -0.358 e. The topological polar surface area (TPSA) is 59.8 Å². The van der Waals surface area contributed by atoms with E-state index in [1.165, 1.54) is 6.33 Å². The number of amides is 1. The summed E-state index contributed by atoms with van der Waals surface area (Å²) in [5, 5.41) is 7.78. The minimum absolute atomic E-state index is 0.227. The zero-order chi connectivity index (χ0) is 15.8. The molecule has 1 aromatic carbocycles. The molecule has 0 radical (unpaired) electrons. The molecule has 0 aliphatic carbocycles. The number of carbonyl (C=O) groups excluding carboxylic acids is 1. The van der Waals surface area contributed by atoms with E-state index < -0.39 is 0 Å². The van der Waals surface area contributed by atoms with E-state index in [0.717, 1.165) is 31.2 Å². The van der Waals surface area contributed by atoms with Crippen LogP contribution in [0.4, 0.5) is 0 Å². The number of benzene rings is 1. The maximum absolute atomic E-state index is 10.8. The van der Waals surface area contributed by atoms with E-state index in [1.807, 2.05) is 28.9 Å². The average molecular weight is 321 g/mol. The van der Waals surface area contributed by atoms with Crippen LogP contribution in [0.3, 0.4) is 0 Å². The third-order valence-corrected chi connectivity index (χ3v) is 4.17. The summed E-state index contributed by atoms with van der Waals surface area (Å²) >= 11 is 6.01. The number of nitrogens with one attached hydrogen (secondary N) is 1. The molecule has 1 aromatic heterocycles. The van der Waals surface area contributed by atoms with E-state index in [-0.39, 0.29) is 5.41 Å². The third kappa shape index (κ3) is 4.07. The van der Waals surface area contributed by atoms with E-state index in [2.05, 4.69) is 22.3 Å². The van der Waals surface area contributed by atoms with Crippen LogP contribution in [0.2, 0.25) is 5.02 Å². The molecule has 0 bridgehead atoms. The summed E-state index contributed by atoms with van der Waals surface area (Å²) in [5.41, 5.74) is 0.921. The van der Waals surface area contributed by atoms with Gasteiger partial charge in [-0.2, -0.15) is 5.10 Å². The Balaban J connectivity index is 2.37. The van der Waals surface area contributed by atoms with E-state index in [0.29, 0.717) is 18.1 Å². The van der Waals surface area contributed by atoms with Crippen LogP contribution < -0.4 is 5.32 Å². The van der Waals surface area contributed by atoms with Crippen LogP contribution in [0, 0.1) is 0 Å². The Labute approximate surface area is 135 Å². The Hall–Kier alpha value is -1.88. The molecule has 1 heterocycles. The van der Waals surface area contributed by atoms with Crippen LogP contribution in [-0.4, -0.2) is 27.7 Å². The van der Waals surface area contributed by atoms with E-state index in [1.54, 1.807) is 6.33 Å². The summed E-state index contributed by atoms with van der Waals surface area (Å²) in [6.45, 7) is 3.38. The fourth-order valence-corrected chi connectivity index (χ4v) is 2.87. The van der Waals surface area contributed by atoms with Gasteiger partial charge < -0.3 is 5.32 Å². The standard InChI is InChI=1S/C16H21ClN4O/c1-2-3-8-16(9-18-13-22,10-21-12-19-11-20-21)14-4-6-15(17)7-5-14/h4-7,11-13H,2-3,8-10H2,1H3,(H,18,22). The van der Waals surface area contributed by atoms with E-state index >= 15 is 0 Å². The Kier molecular flexibility index (Phi) is 5.95. The van der Waals surface area contributed by atoms with E-state index in [4.69, 9.17) is 11.6 Å². The van der Waals surface area contributed by atoms with Gasteiger partial charge in [0.05, 0.1) is 6.54 Å². The fraction of sp³-hybridized carbons (Fsp3) is 0.438. The molecule has 0 aliphatic rings. The Morgan fingerprint density at radius 2 is 2.14 bits per heavy atom. The first-order chi connectivity index (χ1) is 10.7. The highest BCUT2D eigenvalue weighted by Gasteiger charge is 2.32. The molecule has 6 heteroatoms. The van der Waals surface area contributed by atoms with Crippen molar-refractivity contribution in [3.63, 3.8) is 0 Å². The van der Waals surface area contributed by atoms with Gasteiger partial charge in [-0.1, -0.05) is 43.5 Å². The predicted octanol–water partition coefficient (Wildman–Crippen LogP) is 2.81. The van der Waals surface area contributed by atoms with Crippen LogP contribution in [0.25, 0.3) is 0 Å². The van der Waals surface area contributed by atoms with Gasteiger partial charge >= 0.3 is 0 Å². The molecule has 1 amide bonds. The molecule has 118 valence electrons. The molecular formula is C16H21ClN4O. The maximum atomic E-state index is 10.8. The third-order valence-electron chi connectivity index (χ3n) is 3.92. The summed E-state index contributed by atoms with van der Waals surface area (Å²) in [4.78, 5) is 14.9. The summed E-state index contributed by atoms with van der Waals surface area (Å²) in [6, 6.07) is 7.84. The Bertz CT molecular complexity index is 570.